The van der Waals surface area contributed by atoms with Gasteiger partial charge in [-0.15, -0.1) is 0 Å². The maximum atomic E-state index is 11.2. The summed E-state index contributed by atoms with van der Waals surface area (Å²) in [4.78, 5) is 0. The molecule has 0 rings (SSSR count). The van der Waals surface area contributed by atoms with Crippen LogP contribution < -0.4 is 0 Å². The quantitative estimate of drug-likeness (QED) is 0.612. The molecule has 0 N–H and O–H groups in total. The van der Waals surface area contributed by atoms with Gasteiger partial charge in [0, 0.05) is 13.3 Å². The van der Waals surface area contributed by atoms with Crippen LogP contribution in [0.5, 0.6) is 0 Å². The monoisotopic (exact) mass is 169 g/mol. The fourth-order valence-electron chi connectivity index (χ4n) is 0.537. The molecule has 1 unspecified atom stereocenters. The Bertz CT molecular complexity index is 179. The topological polar surface area (TPSA) is 29.4 Å². The zero-order chi connectivity index (χ0) is 7.49. The molecular formula is C5H15NOS2. The predicted octanol–water partition coefficient (Wildman–Crippen LogP) is 0.932. The van der Waals surface area contributed by atoms with E-state index < -0.39 is 9.73 Å². The van der Waals surface area contributed by atoms with E-state index in [9.17, 15) is 4.21 Å². The van der Waals surface area contributed by atoms with Crippen molar-refractivity contribution in [2.45, 2.75) is 0 Å². The molecule has 2 nitrogen and oxygen atoms in total. The lowest BCUT2D eigenvalue weighted by atomic mass is 11.6. The van der Waals surface area contributed by atoms with Gasteiger partial charge < -0.3 is 0 Å². The van der Waals surface area contributed by atoms with Gasteiger partial charge in [-0.3, -0.25) is 0 Å². The summed E-state index contributed by atoms with van der Waals surface area (Å²) in [6.07, 6.45) is 5.95. The van der Waals surface area contributed by atoms with Gasteiger partial charge in [0.15, 0.2) is 0 Å². The van der Waals surface area contributed by atoms with Gasteiger partial charge in [-0.1, -0.05) is 0 Å². The van der Waals surface area contributed by atoms with Crippen molar-refractivity contribution in [3.63, 3.8) is 0 Å². The van der Waals surface area contributed by atoms with Crippen molar-refractivity contribution in [1.29, 1.82) is 0 Å². The van der Waals surface area contributed by atoms with Gasteiger partial charge in [0.2, 0.25) is 0 Å². The lowest BCUT2D eigenvalue weighted by molar-refractivity contribution is 0.683. The highest BCUT2D eigenvalue weighted by atomic mass is 32.3. The van der Waals surface area contributed by atoms with Gasteiger partial charge in [0.05, 0.1) is 14.8 Å². The van der Waals surface area contributed by atoms with Gasteiger partial charge in [-0.05, 0) is 12.5 Å². The first-order valence-corrected chi connectivity index (χ1v) is 7.22. The van der Waals surface area contributed by atoms with Crippen molar-refractivity contribution >= 4 is 20.6 Å². The maximum absolute atomic E-state index is 11.2. The second kappa shape index (κ2) is 3.46. The molecular weight excluding hydrogens is 154 g/mol. The molecule has 0 aliphatic heterocycles. The van der Waals surface area contributed by atoms with Crippen LogP contribution in [-0.4, -0.2) is 35.1 Å². The highest BCUT2D eigenvalue weighted by Crippen LogP contribution is 2.16. The molecule has 0 aliphatic carbocycles. The van der Waals surface area contributed by atoms with Crippen LogP contribution in [0.15, 0.2) is 4.36 Å². The predicted molar refractivity (Wildman–Crippen MR) is 48.1 cm³/mol. The maximum Gasteiger partial charge on any atom is 0.0590 e. The Kier molecular flexibility index (Phi) is 3.58. The van der Waals surface area contributed by atoms with Crippen LogP contribution in [0.1, 0.15) is 0 Å². The molecule has 0 saturated carbocycles. The van der Waals surface area contributed by atoms with E-state index in [2.05, 4.69) is 16.9 Å². The van der Waals surface area contributed by atoms with E-state index in [4.69, 9.17) is 0 Å². The Morgan fingerprint density at radius 3 is 2.11 bits per heavy atom. The molecule has 1 atom stereocenters. The Morgan fingerprint density at radius 2 is 2.00 bits per heavy atom. The molecule has 0 aromatic carbocycles. The van der Waals surface area contributed by atoms with E-state index in [1.807, 2.05) is 0 Å². The summed E-state index contributed by atoms with van der Waals surface area (Å²) in [5.41, 5.74) is 0. The summed E-state index contributed by atoms with van der Waals surface area (Å²) in [6, 6.07) is 0. The van der Waals surface area contributed by atoms with Crippen molar-refractivity contribution in [3.8, 4) is 0 Å². The zero-order valence-corrected chi connectivity index (χ0v) is 8.13. The molecule has 0 heterocycles. The van der Waals surface area contributed by atoms with Gasteiger partial charge >= 0.3 is 0 Å². The molecule has 0 radical (unpaired) electrons. The van der Waals surface area contributed by atoms with Crippen molar-refractivity contribution < 1.29 is 4.21 Å². The first-order valence-electron chi connectivity index (χ1n) is 2.70. The molecule has 0 aromatic heterocycles. The molecule has 0 saturated heterocycles. The van der Waals surface area contributed by atoms with Crippen molar-refractivity contribution in [3.05, 3.63) is 0 Å². The van der Waals surface area contributed by atoms with Gasteiger partial charge in [-0.2, -0.15) is 0 Å². The number of hydrogen-bond donors (Lipinski definition) is 1. The van der Waals surface area contributed by atoms with E-state index >= 15 is 0 Å². The van der Waals surface area contributed by atoms with Crippen LogP contribution in [0.3, 0.4) is 0 Å². The smallest absolute Gasteiger partial charge is 0.0590 e. The molecule has 58 valence electrons. The van der Waals surface area contributed by atoms with Crippen LogP contribution >= 0.6 is 10.9 Å². The largest absolute Gasteiger partial charge is 0.249 e. The van der Waals surface area contributed by atoms with Crippen molar-refractivity contribution in [1.82, 2.24) is 0 Å². The first-order chi connectivity index (χ1) is 3.98. The fourth-order valence-corrected chi connectivity index (χ4v) is 4.83. The molecule has 0 fully saturated rings. The second-order valence-corrected chi connectivity index (χ2v) is 7.83. The van der Waals surface area contributed by atoms with Crippen LogP contribution in [0, 0.1) is 0 Å². The Hall–Kier alpha value is 0.300. The van der Waals surface area contributed by atoms with E-state index in [1.54, 1.807) is 13.3 Å². The van der Waals surface area contributed by atoms with Gasteiger partial charge in [-0.25, -0.2) is 19.5 Å². The third-order valence-corrected chi connectivity index (χ3v) is 5.64. The Balaban J connectivity index is 4.07. The molecule has 4 heteroatoms. The summed E-state index contributed by atoms with van der Waals surface area (Å²) in [5.74, 6) is 0. The summed E-state index contributed by atoms with van der Waals surface area (Å²) in [5, 5.41) is 0.777. The molecule has 9 heavy (non-hydrogen) atoms. The zero-order valence-electron chi connectivity index (χ0n) is 6.42. The molecule has 0 amide bonds. The third-order valence-electron chi connectivity index (χ3n) is 0.884. The van der Waals surface area contributed by atoms with Crippen molar-refractivity contribution in [2.75, 3.05) is 30.9 Å². The van der Waals surface area contributed by atoms with Crippen LogP contribution in [-0.2, 0) is 9.73 Å². The molecule has 0 bridgehead atoms. The number of hydrogen-bond acceptors (Lipinski definition) is 2. The lowest BCUT2D eigenvalue weighted by Gasteiger charge is -2.08. The Labute approximate surface area is 60.6 Å². The van der Waals surface area contributed by atoms with Crippen LogP contribution in [0.2, 0.25) is 0 Å². The first kappa shape index (κ1) is 9.30. The molecule has 0 spiro atoms. The second-order valence-electron chi connectivity index (χ2n) is 2.35. The van der Waals surface area contributed by atoms with E-state index in [0.29, 0.717) is 0 Å². The minimum absolute atomic E-state index is 0.0635. The number of rotatable bonds is 2. The Morgan fingerprint density at radius 1 is 1.56 bits per heavy atom. The van der Waals surface area contributed by atoms with Crippen molar-refractivity contribution in [2.24, 2.45) is 4.36 Å². The van der Waals surface area contributed by atoms with E-state index in [1.165, 1.54) is 0 Å². The summed E-state index contributed by atoms with van der Waals surface area (Å²) < 4.78 is 15.0. The normalized spacial score (nSPS) is 18.4. The third kappa shape index (κ3) is 4.78. The highest BCUT2D eigenvalue weighted by molar-refractivity contribution is 8.24. The van der Waals surface area contributed by atoms with Gasteiger partial charge in [0.25, 0.3) is 0 Å². The number of thiol groups is 1. The fraction of sp³-hybridized carbons (Fsp3) is 1.00. The minimum atomic E-state index is -1.81. The average Bonchev–Trinajstić information content (AvgIpc) is 1.63. The summed E-state index contributed by atoms with van der Waals surface area (Å²) in [7, 11) is -0.252. The molecule has 0 aliphatic rings. The van der Waals surface area contributed by atoms with Crippen LogP contribution in [0.25, 0.3) is 0 Å². The molecule has 0 aromatic rings. The number of nitrogens with zero attached hydrogens (tertiary/aromatic N) is 1. The average molecular weight is 169 g/mol. The minimum Gasteiger partial charge on any atom is -0.249 e. The standard InChI is InChI=1S/C5H15NOS2/c1-6-9(4,7)5-8(2)3/h8H,5H2,1-4H3. The summed E-state index contributed by atoms with van der Waals surface area (Å²) >= 11 is 0. The van der Waals surface area contributed by atoms with E-state index in [-0.39, 0.29) is 10.9 Å². The SMILES string of the molecule is CN=S(C)(=O)C[SH](C)C. The highest BCUT2D eigenvalue weighted by Gasteiger charge is 1.98. The van der Waals surface area contributed by atoms with Crippen LogP contribution in [0.4, 0.5) is 0 Å². The van der Waals surface area contributed by atoms with Gasteiger partial charge in [0.1, 0.15) is 0 Å². The van der Waals surface area contributed by atoms with E-state index in [0.717, 1.165) is 5.08 Å². The summed E-state index contributed by atoms with van der Waals surface area (Å²) in [6.45, 7) is 0. The lowest BCUT2D eigenvalue weighted by Crippen LogP contribution is -2.01.